The van der Waals surface area contributed by atoms with Crippen LogP contribution in [0.5, 0.6) is 0 Å². The Labute approximate surface area is 181 Å². The summed E-state index contributed by atoms with van der Waals surface area (Å²) in [4.78, 5) is 10.9. The number of fused-ring (bicyclic) bond motifs is 3. The Balaban J connectivity index is 1.62. The van der Waals surface area contributed by atoms with Crippen molar-refractivity contribution in [2.45, 2.75) is 12.8 Å². The molecule has 31 heavy (non-hydrogen) atoms. The third-order valence-corrected chi connectivity index (χ3v) is 6.33. The van der Waals surface area contributed by atoms with E-state index in [0.717, 1.165) is 17.8 Å². The fourth-order valence-corrected chi connectivity index (χ4v) is 4.84. The van der Waals surface area contributed by atoms with Gasteiger partial charge in [-0.3, -0.25) is 0 Å². The molecule has 3 heterocycles. The van der Waals surface area contributed by atoms with Crippen LogP contribution in [0, 0.1) is 0 Å². The van der Waals surface area contributed by atoms with Gasteiger partial charge in [0.1, 0.15) is 0 Å². The number of para-hydroxylation sites is 3. The quantitative estimate of drug-likeness (QED) is 0.363. The van der Waals surface area contributed by atoms with Crippen LogP contribution >= 0.6 is 0 Å². The topological polar surface area (TPSA) is 31.9 Å². The smallest absolute Gasteiger partial charge is 0.0709 e. The largest absolute Gasteiger partial charge is 0.361 e. The van der Waals surface area contributed by atoms with Crippen molar-refractivity contribution in [1.29, 1.82) is 0 Å². The summed E-state index contributed by atoms with van der Waals surface area (Å²) in [6, 6.07) is 30.0. The van der Waals surface area contributed by atoms with E-state index in [0.29, 0.717) is 0 Å². The highest BCUT2D eigenvalue weighted by molar-refractivity contribution is 5.92. The van der Waals surface area contributed by atoms with Crippen LogP contribution in [0.3, 0.4) is 0 Å². The molecular weight excluding hydrogens is 378 g/mol. The van der Waals surface area contributed by atoms with E-state index in [4.69, 9.17) is 4.98 Å². The van der Waals surface area contributed by atoms with Crippen molar-refractivity contribution in [3.8, 4) is 0 Å². The number of nitrogens with one attached hydrogen (secondary N) is 1. The highest BCUT2D eigenvalue weighted by Crippen LogP contribution is 2.47. The molecular formula is C28H23N3. The number of aromatic nitrogens is 2. The predicted molar refractivity (Wildman–Crippen MR) is 129 cm³/mol. The lowest BCUT2D eigenvalue weighted by molar-refractivity contribution is 0.930. The predicted octanol–water partition coefficient (Wildman–Crippen LogP) is 6.73. The average Bonchev–Trinajstić information content (AvgIpc) is 3.26. The van der Waals surface area contributed by atoms with E-state index in [1.54, 1.807) is 0 Å². The summed E-state index contributed by atoms with van der Waals surface area (Å²) >= 11 is 0. The molecule has 0 aliphatic carbocycles. The molecule has 0 saturated heterocycles. The first-order valence-corrected chi connectivity index (χ1v) is 10.8. The van der Waals surface area contributed by atoms with Crippen LogP contribution in [0.2, 0.25) is 0 Å². The number of benzene rings is 3. The molecule has 0 radical (unpaired) electrons. The summed E-state index contributed by atoms with van der Waals surface area (Å²) in [5, 5.41) is 2.43. The van der Waals surface area contributed by atoms with Crippen molar-refractivity contribution in [2.24, 2.45) is 0 Å². The molecule has 3 heteroatoms. The van der Waals surface area contributed by atoms with E-state index in [1.807, 2.05) is 0 Å². The lowest BCUT2D eigenvalue weighted by Crippen LogP contribution is -2.24. The summed E-state index contributed by atoms with van der Waals surface area (Å²) in [6.45, 7) is 3.11. The molecule has 2 aromatic heterocycles. The fraction of sp³-hybridized carbons (Fsp3) is 0.107. The Morgan fingerprint density at radius 3 is 2.58 bits per heavy atom. The van der Waals surface area contributed by atoms with E-state index >= 15 is 0 Å². The Hall–Kier alpha value is -3.85. The molecule has 1 aliphatic heterocycles. The van der Waals surface area contributed by atoms with Crippen molar-refractivity contribution < 1.29 is 0 Å². The number of allylic oxidation sites excluding steroid dienone is 1. The van der Waals surface area contributed by atoms with Crippen molar-refractivity contribution in [3.63, 3.8) is 0 Å². The van der Waals surface area contributed by atoms with Gasteiger partial charge in [-0.05, 0) is 42.3 Å². The zero-order chi connectivity index (χ0) is 20.8. The second-order valence-electron chi connectivity index (χ2n) is 8.04. The summed E-state index contributed by atoms with van der Waals surface area (Å²) in [7, 11) is 0. The molecule has 0 fully saturated rings. The average molecular weight is 402 g/mol. The molecule has 0 saturated carbocycles. The molecule has 1 aliphatic rings. The van der Waals surface area contributed by atoms with Crippen LogP contribution in [0.1, 0.15) is 29.7 Å². The SMILES string of the molecule is CCN1C=C(c2ccc3ccccc3n2)C(c2c[nH]c3ccccc23)c2ccccc21. The van der Waals surface area contributed by atoms with Crippen molar-refractivity contribution in [3.05, 3.63) is 114 Å². The Kier molecular flexibility index (Phi) is 4.13. The van der Waals surface area contributed by atoms with Gasteiger partial charge in [-0.1, -0.05) is 60.7 Å². The van der Waals surface area contributed by atoms with Gasteiger partial charge < -0.3 is 9.88 Å². The number of rotatable bonds is 3. The van der Waals surface area contributed by atoms with E-state index in [9.17, 15) is 0 Å². The normalized spacial score (nSPS) is 15.8. The number of nitrogens with zero attached hydrogens (tertiary/aromatic N) is 2. The van der Waals surface area contributed by atoms with Gasteiger partial charge in [0, 0.05) is 52.4 Å². The van der Waals surface area contributed by atoms with Gasteiger partial charge in [-0.25, -0.2) is 4.98 Å². The van der Waals surface area contributed by atoms with Gasteiger partial charge in [-0.15, -0.1) is 0 Å². The molecule has 0 bridgehead atoms. The van der Waals surface area contributed by atoms with Gasteiger partial charge in [0.25, 0.3) is 0 Å². The number of anilines is 1. The Morgan fingerprint density at radius 1 is 0.839 bits per heavy atom. The zero-order valence-electron chi connectivity index (χ0n) is 17.4. The Bertz CT molecular complexity index is 1440. The first-order chi connectivity index (χ1) is 15.3. The molecule has 1 unspecified atom stereocenters. The highest BCUT2D eigenvalue weighted by Gasteiger charge is 2.31. The van der Waals surface area contributed by atoms with Gasteiger partial charge in [0.05, 0.1) is 11.2 Å². The maximum absolute atomic E-state index is 5.08. The number of hydrogen-bond donors (Lipinski definition) is 1. The monoisotopic (exact) mass is 401 g/mol. The number of hydrogen-bond acceptors (Lipinski definition) is 2. The summed E-state index contributed by atoms with van der Waals surface area (Å²) in [5.74, 6) is 0.115. The summed E-state index contributed by atoms with van der Waals surface area (Å²) in [5.41, 5.74) is 8.34. The lowest BCUT2D eigenvalue weighted by atomic mass is 9.80. The van der Waals surface area contributed by atoms with Gasteiger partial charge in [-0.2, -0.15) is 0 Å². The third kappa shape index (κ3) is 2.85. The first kappa shape index (κ1) is 18.0. The van der Waals surface area contributed by atoms with Gasteiger partial charge >= 0.3 is 0 Å². The minimum atomic E-state index is 0.115. The van der Waals surface area contributed by atoms with Crippen LogP contribution in [-0.2, 0) is 0 Å². The second kappa shape index (κ2) is 7.13. The number of H-pyrrole nitrogens is 1. The zero-order valence-corrected chi connectivity index (χ0v) is 17.4. The van der Waals surface area contributed by atoms with E-state index in [1.165, 1.54) is 38.7 Å². The molecule has 1 atom stereocenters. The van der Waals surface area contributed by atoms with Crippen molar-refractivity contribution in [1.82, 2.24) is 9.97 Å². The number of pyridine rings is 1. The van der Waals surface area contributed by atoms with Crippen LogP contribution in [0.4, 0.5) is 5.69 Å². The summed E-state index contributed by atoms with van der Waals surface area (Å²) < 4.78 is 0. The minimum absolute atomic E-state index is 0.115. The number of aromatic amines is 1. The minimum Gasteiger partial charge on any atom is -0.361 e. The second-order valence-corrected chi connectivity index (χ2v) is 8.04. The first-order valence-electron chi connectivity index (χ1n) is 10.8. The van der Waals surface area contributed by atoms with Crippen LogP contribution in [-0.4, -0.2) is 16.5 Å². The maximum Gasteiger partial charge on any atom is 0.0709 e. The lowest BCUT2D eigenvalue weighted by Gasteiger charge is -2.34. The van der Waals surface area contributed by atoms with Crippen LogP contribution in [0.25, 0.3) is 27.4 Å². The molecule has 5 aromatic rings. The van der Waals surface area contributed by atoms with E-state index in [-0.39, 0.29) is 5.92 Å². The molecule has 3 aromatic carbocycles. The molecule has 6 rings (SSSR count). The standard InChI is InChI=1S/C28H23N3/c1-2-31-18-23(26-16-15-19-9-3-6-12-24(19)30-26)28(21-11-5-8-14-27(21)31)22-17-29-25-13-7-4-10-20(22)25/h3-18,28-29H,2H2,1H3. The molecule has 1 N–H and O–H groups in total. The third-order valence-electron chi connectivity index (χ3n) is 6.33. The fourth-order valence-electron chi connectivity index (χ4n) is 4.84. The van der Waals surface area contributed by atoms with Crippen molar-refractivity contribution >= 4 is 33.1 Å². The molecule has 0 spiro atoms. The van der Waals surface area contributed by atoms with Crippen molar-refractivity contribution in [2.75, 3.05) is 11.4 Å². The van der Waals surface area contributed by atoms with Gasteiger partial charge in [0.2, 0.25) is 0 Å². The highest BCUT2D eigenvalue weighted by atomic mass is 15.1. The van der Waals surface area contributed by atoms with E-state index in [2.05, 4.69) is 114 Å². The molecule has 0 amide bonds. The maximum atomic E-state index is 5.08. The van der Waals surface area contributed by atoms with Crippen LogP contribution in [0.15, 0.2) is 97.3 Å². The van der Waals surface area contributed by atoms with Crippen LogP contribution < -0.4 is 4.90 Å². The van der Waals surface area contributed by atoms with Gasteiger partial charge in [0.15, 0.2) is 0 Å². The summed E-state index contributed by atoms with van der Waals surface area (Å²) in [6.07, 6.45) is 4.47. The Morgan fingerprint density at radius 2 is 1.65 bits per heavy atom. The molecule has 150 valence electrons. The molecule has 3 nitrogen and oxygen atoms in total. The van der Waals surface area contributed by atoms with E-state index < -0.39 is 0 Å².